The lowest BCUT2D eigenvalue weighted by molar-refractivity contribution is 0.221. The summed E-state index contributed by atoms with van der Waals surface area (Å²) in [6.07, 6.45) is 0. The normalized spacial score (nSPS) is 10.3. The van der Waals surface area contributed by atoms with Crippen LogP contribution in [0.3, 0.4) is 0 Å². The summed E-state index contributed by atoms with van der Waals surface area (Å²) in [7, 11) is 1.78. The summed E-state index contributed by atoms with van der Waals surface area (Å²) in [5, 5.41) is 5.52. The second-order valence-electron chi connectivity index (χ2n) is 4.32. The lowest BCUT2D eigenvalue weighted by atomic mass is 10.3. The van der Waals surface area contributed by atoms with E-state index in [1.54, 1.807) is 47.5 Å². The van der Waals surface area contributed by atoms with Crippen LogP contribution in [0.15, 0.2) is 35.7 Å². The predicted molar refractivity (Wildman–Crippen MR) is 81.0 cm³/mol. The second kappa shape index (κ2) is 6.08. The molecule has 0 unspecified atom stereocenters. The Hall–Kier alpha value is -1.52. The smallest absolute Gasteiger partial charge is 0.321 e. The Morgan fingerprint density at radius 2 is 2.00 bits per heavy atom. The highest BCUT2D eigenvalue weighted by Crippen LogP contribution is 2.18. The summed E-state index contributed by atoms with van der Waals surface area (Å²) in [4.78, 5) is 14.9. The first-order valence-electron chi connectivity index (χ1n) is 5.87. The number of hydrogen-bond acceptors (Lipinski definition) is 2. The van der Waals surface area contributed by atoms with Crippen molar-refractivity contribution in [1.29, 1.82) is 0 Å². The number of aryl methyl sites for hydroxylation is 1. The molecule has 2 amide bonds. The quantitative estimate of drug-likeness (QED) is 0.895. The molecule has 0 radical (unpaired) electrons. The average Bonchev–Trinajstić information content (AvgIpc) is 2.78. The van der Waals surface area contributed by atoms with Crippen LogP contribution in [0.1, 0.15) is 10.4 Å². The summed E-state index contributed by atoms with van der Waals surface area (Å²) in [6, 6.07) is 9.00. The zero-order chi connectivity index (χ0) is 13.8. The van der Waals surface area contributed by atoms with E-state index in [4.69, 9.17) is 11.6 Å². The van der Waals surface area contributed by atoms with Crippen molar-refractivity contribution in [3.05, 3.63) is 51.2 Å². The van der Waals surface area contributed by atoms with Crippen LogP contribution >= 0.6 is 22.9 Å². The first-order valence-corrected chi connectivity index (χ1v) is 7.12. The number of nitrogens with zero attached hydrogens (tertiary/aromatic N) is 1. The van der Waals surface area contributed by atoms with Gasteiger partial charge in [0.1, 0.15) is 0 Å². The van der Waals surface area contributed by atoms with Crippen LogP contribution in [0.4, 0.5) is 10.5 Å². The molecule has 0 saturated carbocycles. The van der Waals surface area contributed by atoms with Gasteiger partial charge in [-0.15, -0.1) is 11.3 Å². The fraction of sp³-hybridized carbons (Fsp3) is 0.214. The lowest BCUT2D eigenvalue weighted by Gasteiger charge is -2.17. The van der Waals surface area contributed by atoms with Crippen molar-refractivity contribution in [2.24, 2.45) is 0 Å². The minimum absolute atomic E-state index is 0.130. The molecular formula is C14H15ClN2OS. The first kappa shape index (κ1) is 13.9. The second-order valence-corrected chi connectivity index (χ2v) is 5.76. The van der Waals surface area contributed by atoms with Crippen molar-refractivity contribution in [1.82, 2.24) is 4.90 Å². The standard InChI is InChI=1S/C14H15ClN2OS/c1-10-7-8-19-13(10)9-17(2)14(18)16-12-5-3-11(15)4-6-12/h3-8H,9H2,1-2H3,(H,16,18). The van der Waals surface area contributed by atoms with Gasteiger partial charge in [-0.25, -0.2) is 4.79 Å². The minimum Gasteiger partial charge on any atom is -0.322 e. The van der Waals surface area contributed by atoms with Gasteiger partial charge in [-0.2, -0.15) is 0 Å². The van der Waals surface area contributed by atoms with E-state index in [9.17, 15) is 4.79 Å². The summed E-state index contributed by atoms with van der Waals surface area (Å²) in [5.41, 5.74) is 1.96. The van der Waals surface area contributed by atoms with Gasteiger partial charge in [0.05, 0.1) is 6.54 Å². The van der Waals surface area contributed by atoms with Gasteiger partial charge in [-0.05, 0) is 48.2 Å². The van der Waals surface area contributed by atoms with Gasteiger partial charge in [-0.3, -0.25) is 0 Å². The Labute approximate surface area is 121 Å². The van der Waals surface area contributed by atoms with E-state index < -0.39 is 0 Å². The number of nitrogens with one attached hydrogen (secondary N) is 1. The minimum atomic E-state index is -0.130. The van der Waals surface area contributed by atoms with Crippen LogP contribution in [-0.4, -0.2) is 18.0 Å². The monoisotopic (exact) mass is 294 g/mol. The third kappa shape index (κ3) is 3.72. The van der Waals surface area contributed by atoms with Crippen molar-refractivity contribution in [3.63, 3.8) is 0 Å². The summed E-state index contributed by atoms with van der Waals surface area (Å²) in [6.45, 7) is 2.67. The highest BCUT2D eigenvalue weighted by Gasteiger charge is 2.11. The maximum absolute atomic E-state index is 12.0. The molecule has 19 heavy (non-hydrogen) atoms. The lowest BCUT2D eigenvalue weighted by Crippen LogP contribution is -2.30. The van der Waals surface area contributed by atoms with Crippen LogP contribution < -0.4 is 5.32 Å². The molecule has 0 bridgehead atoms. The van der Waals surface area contributed by atoms with E-state index in [2.05, 4.69) is 18.3 Å². The molecule has 2 aromatic rings. The maximum Gasteiger partial charge on any atom is 0.321 e. The number of urea groups is 1. The van der Waals surface area contributed by atoms with Gasteiger partial charge in [0.15, 0.2) is 0 Å². The molecule has 2 rings (SSSR count). The molecule has 1 aromatic carbocycles. The third-order valence-electron chi connectivity index (χ3n) is 2.79. The summed E-state index contributed by atoms with van der Waals surface area (Å²) < 4.78 is 0. The maximum atomic E-state index is 12.0. The Morgan fingerprint density at radius 3 is 2.58 bits per heavy atom. The van der Waals surface area contributed by atoms with Crippen molar-refractivity contribution < 1.29 is 4.79 Å². The van der Waals surface area contributed by atoms with E-state index in [0.717, 1.165) is 5.69 Å². The Kier molecular flexibility index (Phi) is 4.45. The van der Waals surface area contributed by atoms with Crippen LogP contribution in [0, 0.1) is 6.92 Å². The van der Waals surface area contributed by atoms with E-state index in [-0.39, 0.29) is 6.03 Å². The molecule has 0 spiro atoms. The number of amides is 2. The van der Waals surface area contributed by atoms with Gasteiger partial charge in [-0.1, -0.05) is 11.6 Å². The van der Waals surface area contributed by atoms with Gasteiger partial charge < -0.3 is 10.2 Å². The molecule has 3 nitrogen and oxygen atoms in total. The average molecular weight is 295 g/mol. The largest absolute Gasteiger partial charge is 0.322 e. The van der Waals surface area contributed by atoms with Crippen molar-refractivity contribution in [3.8, 4) is 0 Å². The number of carbonyl (C=O) groups excluding carboxylic acids is 1. The fourth-order valence-corrected chi connectivity index (χ4v) is 2.69. The highest BCUT2D eigenvalue weighted by molar-refractivity contribution is 7.10. The molecular weight excluding hydrogens is 280 g/mol. The molecule has 0 aliphatic rings. The molecule has 1 aromatic heterocycles. The van der Waals surface area contributed by atoms with E-state index in [1.807, 2.05) is 5.38 Å². The van der Waals surface area contributed by atoms with Crippen LogP contribution in [0.2, 0.25) is 5.02 Å². The number of carbonyl (C=O) groups is 1. The number of thiophene rings is 1. The molecule has 0 aliphatic carbocycles. The number of rotatable bonds is 3. The summed E-state index contributed by atoms with van der Waals surface area (Å²) in [5.74, 6) is 0. The predicted octanol–water partition coefficient (Wildman–Crippen LogP) is 4.37. The third-order valence-corrected chi connectivity index (χ3v) is 4.05. The van der Waals surface area contributed by atoms with Crippen molar-refractivity contribution in [2.45, 2.75) is 13.5 Å². The van der Waals surface area contributed by atoms with E-state index in [1.165, 1.54) is 10.4 Å². The SMILES string of the molecule is Cc1ccsc1CN(C)C(=O)Nc1ccc(Cl)cc1. The van der Waals surface area contributed by atoms with Gasteiger partial charge in [0.25, 0.3) is 0 Å². The Balaban J connectivity index is 1.96. The Bertz CT molecular complexity index is 565. The molecule has 5 heteroatoms. The number of benzene rings is 1. The number of anilines is 1. The summed E-state index contributed by atoms with van der Waals surface area (Å²) >= 11 is 7.47. The topological polar surface area (TPSA) is 32.3 Å². The molecule has 1 heterocycles. The van der Waals surface area contributed by atoms with E-state index in [0.29, 0.717) is 11.6 Å². The molecule has 0 aliphatic heterocycles. The molecule has 1 N–H and O–H groups in total. The molecule has 0 atom stereocenters. The van der Waals surface area contributed by atoms with E-state index >= 15 is 0 Å². The van der Waals surface area contributed by atoms with Crippen LogP contribution in [-0.2, 0) is 6.54 Å². The highest BCUT2D eigenvalue weighted by atomic mass is 35.5. The molecule has 0 fully saturated rings. The zero-order valence-corrected chi connectivity index (χ0v) is 12.4. The van der Waals surface area contributed by atoms with Gasteiger partial charge in [0.2, 0.25) is 0 Å². The zero-order valence-electron chi connectivity index (χ0n) is 10.8. The fourth-order valence-electron chi connectivity index (χ4n) is 1.61. The molecule has 0 saturated heterocycles. The van der Waals surface area contributed by atoms with Gasteiger partial charge in [0, 0.05) is 22.6 Å². The van der Waals surface area contributed by atoms with Crippen molar-refractivity contribution >= 4 is 34.7 Å². The van der Waals surface area contributed by atoms with Crippen LogP contribution in [0.25, 0.3) is 0 Å². The van der Waals surface area contributed by atoms with Gasteiger partial charge >= 0.3 is 6.03 Å². The Morgan fingerprint density at radius 1 is 1.32 bits per heavy atom. The number of hydrogen-bond donors (Lipinski definition) is 1. The first-order chi connectivity index (χ1) is 9.06. The van der Waals surface area contributed by atoms with Crippen molar-refractivity contribution in [2.75, 3.05) is 12.4 Å². The molecule has 100 valence electrons. The number of halogens is 1. The van der Waals surface area contributed by atoms with Crippen LogP contribution in [0.5, 0.6) is 0 Å².